The lowest BCUT2D eigenvalue weighted by Crippen LogP contribution is -2.41. The van der Waals surface area contributed by atoms with Crippen molar-refractivity contribution < 1.29 is 0 Å². The Morgan fingerprint density at radius 1 is 1.22 bits per heavy atom. The van der Waals surface area contributed by atoms with Crippen molar-refractivity contribution in [1.29, 1.82) is 0 Å². The Hall–Kier alpha value is -0.820. The van der Waals surface area contributed by atoms with Crippen LogP contribution in [-0.2, 0) is 0 Å². The molecule has 2 aliphatic carbocycles. The number of nitrogens with two attached hydrogens (primary N) is 1. The van der Waals surface area contributed by atoms with Crippen LogP contribution in [0.5, 0.6) is 0 Å². The van der Waals surface area contributed by atoms with Crippen molar-refractivity contribution >= 4 is 0 Å². The van der Waals surface area contributed by atoms with Crippen LogP contribution in [0.15, 0.2) is 30.3 Å². The molecule has 98 valence electrons. The molecule has 0 aromatic heterocycles. The molecule has 1 aromatic carbocycles. The Morgan fingerprint density at radius 3 is 2.50 bits per heavy atom. The fraction of sp³-hybridized carbons (Fsp3) is 0.647. The lowest BCUT2D eigenvalue weighted by molar-refractivity contribution is 0.199. The summed E-state index contributed by atoms with van der Waals surface area (Å²) in [5, 5.41) is 0. The molecule has 1 heteroatoms. The van der Waals surface area contributed by atoms with Gasteiger partial charge in [0.1, 0.15) is 0 Å². The van der Waals surface area contributed by atoms with E-state index in [1.807, 2.05) is 0 Å². The molecular weight excluding hydrogens is 218 g/mol. The summed E-state index contributed by atoms with van der Waals surface area (Å²) in [5.74, 6) is 1.48. The van der Waals surface area contributed by atoms with Crippen molar-refractivity contribution in [1.82, 2.24) is 0 Å². The van der Waals surface area contributed by atoms with E-state index in [1.54, 1.807) is 0 Å². The van der Waals surface area contributed by atoms with Crippen molar-refractivity contribution in [2.24, 2.45) is 17.1 Å². The second-order valence-corrected chi connectivity index (χ2v) is 6.37. The molecule has 3 unspecified atom stereocenters. The third kappa shape index (κ3) is 1.99. The van der Waals surface area contributed by atoms with Crippen LogP contribution in [0, 0.1) is 11.3 Å². The highest BCUT2D eigenvalue weighted by molar-refractivity contribution is 5.27. The van der Waals surface area contributed by atoms with Gasteiger partial charge in [-0.1, -0.05) is 50.1 Å². The zero-order chi connectivity index (χ0) is 12.6. The molecular formula is C17H25N. The fourth-order valence-corrected chi connectivity index (χ4v) is 4.15. The lowest BCUT2D eigenvalue weighted by Gasteiger charge is -2.35. The number of hydrogen-bond acceptors (Lipinski definition) is 1. The van der Waals surface area contributed by atoms with Crippen molar-refractivity contribution in [3.05, 3.63) is 35.9 Å². The van der Waals surface area contributed by atoms with Crippen molar-refractivity contribution in [3.8, 4) is 0 Å². The lowest BCUT2D eigenvalue weighted by atomic mass is 9.74. The van der Waals surface area contributed by atoms with Crippen LogP contribution in [0.1, 0.15) is 56.9 Å². The highest BCUT2D eigenvalue weighted by atomic mass is 14.8. The number of rotatable bonds is 4. The first-order valence-electron chi connectivity index (χ1n) is 7.57. The Bertz CT molecular complexity index is 391. The average Bonchev–Trinajstić information content (AvgIpc) is 3.08. The van der Waals surface area contributed by atoms with Crippen LogP contribution in [-0.4, -0.2) is 6.04 Å². The summed E-state index contributed by atoms with van der Waals surface area (Å²) in [6.45, 7) is 2.34. The van der Waals surface area contributed by atoms with Gasteiger partial charge < -0.3 is 5.73 Å². The minimum atomic E-state index is 0.426. The van der Waals surface area contributed by atoms with E-state index in [9.17, 15) is 0 Å². The van der Waals surface area contributed by atoms with E-state index in [-0.39, 0.29) is 0 Å². The average molecular weight is 243 g/mol. The summed E-state index contributed by atoms with van der Waals surface area (Å²) in [5.41, 5.74) is 8.63. The molecule has 2 N–H and O–H groups in total. The molecule has 2 saturated carbocycles. The topological polar surface area (TPSA) is 26.0 Å². The van der Waals surface area contributed by atoms with Gasteiger partial charge in [-0.25, -0.2) is 0 Å². The fourth-order valence-electron chi connectivity index (χ4n) is 4.15. The van der Waals surface area contributed by atoms with Gasteiger partial charge in [-0.15, -0.1) is 0 Å². The van der Waals surface area contributed by atoms with Crippen LogP contribution in [0.2, 0.25) is 0 Å². The van der Waals surface area contributed by atoms with Crippen molar-refractivity contribution in [2.75, 3.05) is 0 Å². The predicted octanol–water partition coefficient (Wildman–Crippen LogP) is 4.09. The molecule has 0 heterocycles. The maximum atomic E-state index is 6.66. The van der Waals surface area contributed by atoms with E-state index in [0.29, 0.717) is 11.5 Å². The molecule has 0 radical (unpaired) electrons. The zero-order valence-corrected chi connectivity index (χ0v) is 11.4. The summed E-state index contributed by atoms with van der Waals surface area (Å²) in [7, 11) is 0. The first-order valence-corrected chi connectivity index (χ1v) is 7.57. The molecule has 0 saturated heterocycles. The number of benzene rings is 1. The van der Waals surface area contributed by atoms with E-state index in [2.05, 4.69) is 37.3 Å². The summed E-state index contributed by atoms with van der Waals surface area (Å²) >= 11 is 0. The van der Waals surface area contributed by atoms with Gasteiger partial charge in [0.25, 0.3) is 0 Å². The smallest absolute Gasteiger partial charge is 0.0130 e. The maximum Gasteiger partial charge on any atom is 0.0130 e. The Morgan fingerprint density at radius 2 is 1.89 bits per heavy atom. The molecule has 2 aliphatic rings. The standard InChI is InChI=1S/C17H25N/c1-2-17(10-6-7-11-17)16(18)15-12-14(15)13-8-4-3-5-9-13/h3-5,8-9,14-16H,2,6-7,10-12,18H2,1H3. The minimum absolute atomic E-state index is 0.426. The van der Waals surface area contributed by atoms with Gasteiger partial charge in [0.15, 0.2) is 0 Å². The van der Waals surface area contributed by atoms with Crippen LogP contribution >= 0.6 is 0 Å². The molecule has 0 spiro atoms. The molecule has 18 heavy (non-hydrogen) atoms. The zero-order valence-electron chi connectivity index (χ0n) is 11.4. The normalized spacial score (nSPS) is 31.2. The number of hydrogen-bond donors (Lipinski definition) is 1. The van der Waals surface area contributed by atoms with Crippen LogP contribution in [0.3, 0.4) is 0 Å². The Balaban J connectivity index is 1.70. The van der Waals surface area contributed by atoms with Crippen molar-refractivity contribution in [3.63, 3.8) is 0 Å². The first kappa shape index (κ1) is 12.2. The summed E-state index contributed by atoms with van der Waals surface area (Å²) in [6, 6.07) is 11.4. The quantitative estimate of drug-likeness (QED) is 0.847. The van der Waals surface area contributed by atoms with E-state index in [0.717, 1.165) is 11.8 Å². The maximum absolute atomic E-state index is 6.66. The van der Waals surface area contributed by atoms with Gasteiger partial charge >= 0.3 is 0 Å². The van der Waals surface area contributed by atoms with E-state index < -0.39 is 0 Å². The van der Waals surface area contributed by atoms with Gasteiger partial charge in [0.2, 0.25) is 0 Å². The van der Waals surface area contributed by atoms with Gasteiger partial charge in [-0.2, -0.15) is 0 Å². The third-order valence-corrected chi connectivity index (χ3v) is 5.54. The van der Waals surface area contributed by atoms with Crippen LogP contribution in [0.25, 0.3) is 0 Å². The van der Waals surface area contributed by atoms with Gasteiger partial charge in [-0.05, 0) is 48.5 Å². The second kappa shape index (κ2) is 4.70. The molecule has 0 aliphatic heterocycles. The summed E-state index contributed by atoms with van der Waals surface area (Å²) in [4.78, 5) is 0. The SMILES string of the molecule is CCC1(C(N)C2CC2c2ccccc2)CCCC1. The van der Waals surface area contributed by atoms with E-state index in [4.69, 9.17) is 5.73 Å². The molecule has 1 nitrogen and oxygen atoms in total. The minimum Gasteiger partial charge on any atom is -0.327 e. The largest absolute Gasteiger partial charge is 0.327 e. The van der Waals surface area contributed by atoms with E-state index in [1.165, 1.54) is 44.1 Å². The van der Waals surface area contributed by atoms with Gasteiger partial charge in [0, 0.05) is 6.04 Å². The molecule has 3 rings (SSSR count). The van der Waals surface area contributed by atoms with Gasteiger partial charge in [0.05, 0.1) is 0 Å². The van der Waals surface area contributed by atoms with Crippen LogP contribution < -0.4 is 5.73 Å². The Kier molecular flexibility index (Phi) is 3.19. The monoisotopic (exact) mass is 243 g/mol. The van der Waals surface area contributed by atoms with E-state index >= 15 is 0 Å². The highest BCUT2D eigenvalue weighted by Gasteiger charge is 2.50. The summed E-state index contributed by atoms with van der Waals surface area (Å²) in [6.07, 6.45) is 8.10. The van der Waals surface area contributed by atoms with Crippen molar-refractivity contribution in [2.45, 2.75) is 57.4 Å². The summed E-state index contributed by atoms with van der Waals surface area (Å²) < 4.78 is 0. The first-order chi connectivity index (χ1) is 8.77. The van der Waals surface area contributed by atoms with Gasteiger partial charge in [-0.3, -0.25) is 0 Å². The molecule has 3 atom stereocenters. The molecule has 1 aromatic rings. The van der Waals surface area contributed by atoms with Crippen LogP contribution in [0.4, 0.5) is 0 Å². The molecule has 0 amide bonds. The third-order valence-electron chi connectivity index (χ3n) is 5.54. The molecule has 2 fully saturated rings. The Labute approximate surface area is 111 Å². The highest BCUT2D eigenvalue weighted by Crippen LogP contribution is 2.56. The predicted molar refractivity (Wildman–Crippen MR) is 76.5 cm³/mol. The second-order valence-electron chi connectivity index (χ2n) is 6.37. The molecule has 0 bridgehead atoms.